The Balaban J connectivity index is 1.37. The van der Waals surface area contributed by atoms with Crippen LogP contribution >= 0.6 is 0 Å². The molecule has 46 heavy (non-hydrogen) atoms. The summed E-state index contributed by atoms with van der Waals surface area (Å²) in [5.74, 6) is 3.30. The van der Waals surface area contributed by atoms with Gasteiger partial charge in [0.2, 0.25) is 0 Å². The summed E-state index contributed by atoms with van der Waals surface area (Å²) >= 11 is 0. The molecule has 4 unspecified atom stereocenters. The molecule has 9 atom stereocenters. The molecule has 3 fully saturated rings. The van der Waals surface area contributed by atoms with E-state index in [1.807, 2.05) is 13.8 Å². The van der Waals surface area contributed by atoms with E-state index in [1.54, 1.807) is 0 Å². The summed E-state index contributed by atoms with van der Waals surface area (Å²) in [6, 6.07) is 0.539. The average Bonchev–Trinajstić information content (AvgIpc) is 3.36. The number of aliphatic hydroxyl groups is 1. The molecule has 0 aliphatic heterocycles. The fraction of sp³-hybridized carbons (Fsp3) is 0.973. The molecular formula is C37H74N6O3. The lowest BCUT2D eigenvalue weighted by atomic mass is 9.54. The number of nitrogens with two attached hydrogens (primary N) is 1. The van der Waals surface area contributed by atoms with Crippen molar-refractivity contribution in [3.8, 4) is 0 Å². The van der Waals surface area contributed by atoms with Crippen LogP contribution in [0.15, 0.2) is 0 Å². The zero-order chi connectivity index (χ0) is 33.4. The topological polar surface area (TPSA) is 133 Å². The summed E-state index contributed by atoms with van der Waals surface area (Å²) < 4.78 is 5.42. The number of nitrogens with one attached hydrogen (secondary N) is 5. The molecule has 0 radical (unpaired) electrons. The molecule has 0 spiro atoms. The van der Waals surface area contributed by atoms with E-state index >= 15 is 0 Å². The molecule has 8 N–H and O–H groups in total. The summed E-state index contributed by atoms with van der Waals surface area (Å²) in [5, 5.41) is 29.5. The van der Waals surface area contributed by atoms with E-state index in [2.05, 4.69) is 47.4 Å². The molecule has 9 heteroatoms. The van der Waals surface area contributed by atoms with Crippen molar-refractivity contribution < 1.29 is 14.6 Å². The summed E-state index contributed by atoms with van der Waals surface area (Å²) in [6.45, 7) is 20.6. The van der Waals surface area contributed by atoms with Crippen molar-refractivity contribution in [1.29, 1.82) is 0 Å². The zero-order valence-corrected chi connectivity index (χ0v) is 30.4. The number of aliphatic hydroxyl groups excluding tert-OH is 1. The monoisotopic (exact) mass is 651 g/mol. The number of fused-ring (bicyclic) bond motifs is 3. The highest BCUT2D eigenvalue weighted by Crippen LogP contribution is 2.62. The molecule has 0 heterocycles. The highest BCUT2D eigenvalue weighted by Gasteiger charge is 2.56. The molecule has 3 aliphatic carbocycles. The zero-order valence-electron chi connectivity index (χ0n) is 30.4. The van der Waals surface area contributed by atoms with Crippen LogP contribution in [-0.2, 0) is 9.53 Å². The molecule has 270 valence electrons. The number of carbonyl (C=O) groups is 1. The van der Waals surface area contributed by atoms with Gasteiger partial charge in [0, 0.05) is 77.9 Å². The van der Waals surface area contributed by atoms with Crippen molar-refractivity contribution in [1.82, 2.24) is 26.6 Å². The number of hydrogen-bond donors (Lipinski definition) is 7. The van der Waals surface area contributed by atoms with Crippen molar-refractivity contribution in [3.05, 3.63) is 0 Å². The third-order valence-electron chi connectivity index (χ3n) is 11.8. The highest BCUT2D eigenvalue weighted by atomic mass is 16.5. The Kier molecular flexibility index (Phi) is 18.4. The Bertz CT molecular complexity index is 833. The van der Waals surface area contributed by atoms with E-state index in [9.17, 15) is 9.90 Å². The minimum Gasteiger partial charge on any atom is -0.463 e. The van der Waals surface area contributed by atoms with Crippen LogP contribution in [-0.4, -0.2) is 94.8 Å². The first-order valence-electron chi connectivity index (χ1n) is 19.3. The molecule has 3 saturated carbocycles. The van der Waals surface area contributed by atoms with Crippen LogP contribution in [0.3, 0.4) is 0 Å². The van der Waals surface area contributed by atoms with Gasteiger partial charge in [-0.15, -0.1) is 0 Å². The number of carbonyl (C=O) groups excluding carboxylic acids is 1. The maximum atomic E-state index is 12.3. The van der Waals surface area contributed by atoms with Gasteiger partial charge in [-0.2, -0.15) is 0 Å². The van der Waals surface area contributed by atoms with E-state index in [4.69, 9.17) is 10.5 Å². The first kappa shape index (κ1) is 39.6. The van der Waals surface area contributed by atoms with Crippen LogP contribution in [0.2, 0.25) is 0 Å². The minimum absolute atomic E-state index is 0.0394. The Labute approximate surface area is 282 Å². The van der Waals surface area contributed by atoms with E-state index < -0.39 is 0 Å². The SMILES string of the molecule is CC1C[C@@H](NCCNCCNCCNCCNCCN)CCCC2CC[C@@]3(C)C(CC[C@@H]3[C@H](C)CCC(=O)OC(C)C)C2[C@@H](O)C1. The molecule has 0 aromatic heterocycles. The first-order valence-corrected chi connectivity index (χ1v) is 19.3. The van der Waals surface area contributed by atoms with Crippen molar-refractivity contribution in [2.45, 2.75) is 123 Å². The summed E-state index contributed by atoms with van der Waals surface area (Å²) in [6.07, 6.45) is 12.1. The van der Waals surface area contributed by atoms with E-state index in [-0.39, 0.29) is 23.6 Å². The second-order valence-electron chi connectivity index (χ2n) is 15.7. The number of ether oxygens (including phenoxy) is 1. The lowest BCUT2D eigenvalue weighted by Crippen LogP contribution is -2.48. The van der Waals surface area contributed by atoms with Gasteiger partial charge in [0.25, 0.3) is 0 Å². The second kappa shape index (κ2) is 21.3. The lowest BCUT2D eigenvalue weighted by Gasteiger charge is -2.52. The summed E-state index contributed by atoms with van der Waals surface area (Å²) in [7, 11) is 0. The Morgan fingerprint density at radius 2 is 1.50 bits per heavy atom. The molecule has 3 rings (SSSR count). The first-order chi connectivity index (χ1) is 22.2. The largest absolute Gasteiger partial charge is 0.463 e. The highest BCUT2D eigenvalue weighted by molar-refractivity contribution is 5.69. The van der Waals surface area contributed by atoms with Crippen molar-refractivity contribution >= 4 is 5.97 Å². The van der Waals surface area contributed by atoms with Gasteiger partial charge in [0.1, 0.15) is 0 Å². The van der Waals surface area contributed by atoms with Crippen LogP contribution in [0.5, 0.6) is 0 Å². The van der Waals surface area contributed by atoms with Crippen LogP contribution in [0.25, 0.3) is 0 Å². The van der Waals surface area contributed by atoms with Crippen molar-refractivity contribution in [3.63, 3.8) is 0 Å². The third-order valence-corrected chi connectivity index (χ3v) is 11.8. The van der Waals surface area contributed by atoms with E-state index in [0.29, 0.717) is 54.5 Å². The fourth-order valence-electron chi connectivity index (χ4n) is 9.61. The van der Waals surface area contributed by atoms with Crippen LogP contribution < -0.4 is 32.3 Å². The van der Waals surface area contributed by atoms with E-state index in [0.717, 1.165) is 78.2 Å². The fourth-order valence-corrected chi connectivity index (χ4v) is 9.61. The Morgan fingerprint density at radius 1 is 0.870 bits per heavy atom. The van der Waals surface area contributed by atoms with Gasteiger partial charge in [0.15, 0.2) is 0 Å². The number of hydrogen-bond acceptors (Lipinski definition) is 9. The smallest absolute Gasteiger partial charge is 0.306 e. The quantitative estimate of drug-likeness (QED) is 0.0780. The van der Waals surface area contributed by atoms with Gasteiger partial charge in [-0.1, -0.05) is 33.6 Å². The maximum Gasteiger partial charge on any atom is 0.306 e. The van der Waals surface area contributed by atoms with Crippen LogP contribution in [0.1, 0.15) is 105 Å². The lowest BCUT2D eigenvalue weighted by molar-refractivity contribution is -0.148. The number of esters is 1. The maximum absolute atomic E-state index is 12.3. The van der Waals surface area contributed by atoms with Gasteiger partial charge < -0.3 is 42.2 Å². The Morgan fingerprint density at radius 3 is 2.13 bits per heavy atom. The average molecular weight is 651 g/mol. The molecule has 3 aliphatic rings. The summed E-state index contributed by atoms with van der Waals surface area (Å²) in [4.78, 5) is 12.3. The standard InChI is InChI=1S/C37H74N6O3/c1-27(2)46-35(45)12-9-29(4)32-10-11-33-36-30(13-14-37(32,33)5)7-6-8-31(25-28(3)26-34(36)44)43-24-23-42-22-21-41-20-19-40-18-17-39-16-15-38/h27-34,36,39-44H,6-26,38H2,1-5H3/t28?,29-,30?,31+,32-,33?,34+,36?,37-/m1/s1. The van der Waals surface area contributed by atoms with Crippen molar-refractivity contribution in [2.75, 3.05) is 65.4 Å². The molecule has 0 aromatic carbocycles. The molecule has 0 aromatic rings. The van der Waals surface area contributed by atoms with Gasteiger partial charge in [-0.25, -0.2) is 0 Å². The second-order valence-corrected chi connectivity index (χ2v) is 15.7. The third kappa shape index (κ3) is 12.9. The normalized spacial score (nSPS) is 32.6. The van der Waals surface area contributed by atoms with Gasteiger partial charge in [0.05, 0.1) is 12.2 Å². The predicted octanol–water partition coefficient (Wildman–Crippen LogP) is 3.65. The molecule has 0 bridgehead atoms. The molecule has 0 amide bonds. The number of rotatable bonds is 20. The molecule has 9 nitrogen and oxygen atoms in total. The van der Waals surface area contributed by atoms with Crippen LogP contribution in [0.4, 0.5) is 0 Å². The van der Waals surface area contributed by atoms with Crippen molar-refractivity contribution in [2.24, 2.45) is 46.7 Å². The van der Waals surface area contributed by atoms with Crippen LogP contribution in [0, 0.1) is 40.9 Å². The Hall–Kier alpha value is -0.810. The minimum atomic E-state index is -0.198. The van der Waals surface area contributed by atoms with E-state index in [1.165, 1.54) is 44.9 Å². The van der Waals surface area contributed by atoms with Gasteiger partial charge in [-0.05, 0) is 106 Å². The molecular weight excluding hydrogens is 576 g/mol. The summed E-state index contributed by atoms with van der Waals surface area (Å²) in [5.41, 5.74) is 5.76. The predicted molar refractivity (Wildman–Crippen MR) is 191 cm³/mol. The van der Waals surface area contributed by atoms with Gasteiger partial charge >= 0.3 is 5.97 Å². The van der Waals surface area contributed by atoms with Gasteiger partial charge in [-0.3, -0.25) is 4.79 Å². The molecule has 0 saturated heterocycles.